The van der Waals surface area contributed by atoms with Crippen LogP contribution >= 0.6 is 11.6 Å². The molecule has 0 saturated carbocycles. The molecule has 0 spiro atoms. The van der Waals surface area contributed by atoms with Gasteiger partial charge in [-0.25, -0.2) is 0 Å². The van der Waals surface area contributed by atoms with E-state index in [9.17, 15) is 14.7 Å². The summed E-state index contributed by atoms with van der Waals surface area (Å²) in [5.74, 6) is 0.615. The summed E-state index contributed by atoms with van der Waals surface area (Å²) >= 11 is 6.14. The SMILES string of the molecule is CC(C)C[C@@H](C(=O)Nc1ccn(C[C@H](O)CO)n1)N1CC(Oc2ccccc2Cl)=CC1=O. The van der Waals surface area contributed by atoms with Gasteiger partial charge in [0.25, 0.3) is 5.91 Å². The highest BCUT2D eigenvalue weighted by Crippen LogP contribution is 2.28. The topological polar surface area (TPSA) is 117 Å². The van der Waals surface area contributed by atoms with Crippen LogP contribution in [0.2, 0.25) is 5.02 Å². The van der Waals surface area contributed by atoms with Crippen molar-refractivity contribution >= 4 is 29.2 Å². The van der Waals surface area contributed by atoms with Crippen LogP contribution in [0.3, 0.4) is 0 Å². The minimum Gasteiger partial charge on any atom is -0.458 e. The summed E-state index contributed by atoms with van der Waals surface area (Å²) in [5.41, 5.74) is 0. The molecule has 9 nitrogen and oxygen atoms in total. The predicted molar refractivity (Wildman–Crippen MR) is 119 cm³/mol. The average Bonchev–Trinajstić information content (AvgIpc) is 3.33. The lowest BCUT2D eigenvalue weighted by Gasteiger charge is -2.28. The zero-order chi connectivity index (χ0) is 23.3. The Balaban J connectivity index is 1.69. The van der Waals surface area contributed by atoms with E-state index in [1.54, 1.807) is 36.5 Å². The first-order valence-electron chi connectivity index (χ1n) is 10.3. The summed E-state index contributed by atoms with van der Waals surface area (Å²) in [6, 6.07) is 7.83. The summed E-state index contributed by atoms with van der Waals surface area (Å²) in [4.78, 5) is 27.2. The maximum Gasteiger partial charge on any atom is 0.251 e. The number of carbonyl (C=O) groups excluding carboxylic acids is 2. The second kappa shape index (κ2) is 10.6. The number of rotatable bonds is 10. The maximum absolute atomic E-state index is 13.1. The summed E-state index contributed by atoms with van der Waals surface area (Å²) < 4.78 is 7.21. The molecule has 0 unspecified atom stereocenters. The number of aliphatic hydroxyl groups excluding tert-OH is 2. The molecule has 3 N–H and O–H groups in total. The first-order valence-corrected chi connectivity index (χ1v) is 10.7. The van der Waals surface area contributed by atoms with Crippen molar-refractivity contribution in [2.75, 3.05) is 18.5 Å². The molecular formula is C22H27ClN4O5. The largest absolute Gasteiger partial charge is 0.458 e. The fourth-order valence-electron chi connectivity index (χ4n) is 3.34. The summed E-state index contributed by atoms with van der Waals surface area (Å²) in [5, 5.41) is 25.9. The molecule has 2 atom stereocenters. The van der Waals surface area contributed by atoms with Crippen molar-refractivity contribution in [1.82, 2.24) is 14.7 Å². The number of aromatic nitrogens is 2. The number of amides is 2. The normalized spacial score (nSPS) is 15.6. The molecule has 0 bridgehead atoms. The Morgan fingerprint density at radius 1 is 1.31 bits per heavy atom. The third kappa shape index (κ3) is 6.09. The number of hydrogen-bond donors (Lipinski definition) is 3. The monoisotopic (exact) mass is 462 g/mol. The second-order valence-electron chi connectivity index (χ2n) is 8.00. The van der Waals surface area contributed by atoms with Crippen LogP contribution in [0.25, 0.3) is 0 Å². The van der Waals surface area contributed by atoms with Gasteiger partial charge >= 0.3 is 0 Å². The number of para-hydroxylation sites is 1. The Kier molecular flexibility index (Phi) is 7.89. The Morgan fingerprint density at radius 3 is 2.75 bits per heavy atom. The lowest BCUT2D eigenvalue weighted by atomic mass is 10.0. The maximum atomic E-state index is 13.1. The van der Waals surface area contributed by atoms with Crippen molar-refractivity contribution in [3.63, 3.8) is 0 Å². The molecule has 32 heavy (non-hydrogen) atoms. The summed E-state index contributed by atoms with van der Waals surface area (Å²) in [6.45, 7) is 3.80. The molecule has 172 valence electrons. The van der Waals surface area contributed by atoms with E-state index < -0.39 is 12.1 Å². The van der Waals surface area contributed by atoms with Gasteiger partial charge in [0.15, 0.2) is 5.82 Å². The number of ether oxygens (including phenoxy) is 1. The third-order valence-corrected chi connectivity index (χ3v) is 5.16. The Labute approximate surface area is 191 Å². The highest BCUT2D eigenvalue weighted by molar-refractivity contribution is 6.32. The first kappa shape index (κ1) is 23.8. The van der Waals surface area contributed by atoms with Gasteiger partial charge in [-0.1, -0.05) is 37.6 Å². The molecule has 1 aromatic heterocycles. The zero-order valence-electron chi connectivity index (χ0n) is 17.9. The van der Waals surface area contributed by atoms with Crippen molar-refractivity contribution in [3.8, 4) is 5.75 Å². The van der Waals surface area contributed by atoms with Crippen LogP contribution in [0, 0.1) is 5.92 Å². The molecule has 0 radical (unpaired) electrons. The van der Waals surface area contributed by atoms with Gasteiger partial charge in [-0.3, -0.25) is 14.3 Å². The highest BCUT2D eigenvalue weighted by atomic mass is 35.5. The molecule has 2 amide bonds. The molecule has 0 aliphatic carbocycles. The first-order chi connectivity index (χ1) is 15.3. The number of carbonyl (C=O) groups is 2. The van der Waals surface area contributed by atoms with Gasteiger partial charge in [-0.15, -0.1) is 0 Å². The van der Waals surface area contributed by atoms with E-state index >= 15 is 0 Å². The van der Waals surface area contributed by atoms with Crippen LogP contribution in [-0.4, -0.2) is 62.0 Å². The highest BCUT2D eigenvalue weighted by Gasteiger charge is 2.35. The molecular weight excluding hydrogens is 436 g/mol. The standard InChI is InChI=1S/C22H27ClN4O5/c1-14(2)9-18(22(31)24-20-7-8-26(25-20)11-15(29)13-28)27-12-16(10-21(27)30)32-19-6-4-3-5-17(19)23/h3-8,10,14-15,18,28-29H,9,11-13H2,1-2H3,(H,24,25,31)/t15-,18-/m0/s1. The van der Waals surface area contributed by atoms with Gasteiger partial charge < -0.3 is 25.2 Å². The Hall–Kier alpha value is -2.88. The van der Waals surface area contributed by atoms with Crippen molar-refractivity contribution in [1.29, 1.82) is 0 Å². The van der Waals surface area contributed by atoms with Gasteiger partial charge in [-0.05, 0) is 24.5 Å². The number of aliphatic hydroxyl groups is 2. The third-order valence-electron chi connectivity index (χ3n) is 4.85. The smallest absolute Gasteiger partial charge is 0.251 e. The molecule has 1 aliphatic rings. The number of benzene rings is 1. The van der Waals surface area contributed by atoms with Crippen LogP contribution in [-0.2, 0) is 16.1 Å². The van der Waals surface area contributed by atoms with E-state index in [0.717, 1.165) is 0 Å². The minimum absolute atomic E-state index is 0.0963. The van der Waals surface area contributed by atoms with Crippen molar-refractivity contribution < 1.29 is 24.5 Å². The van der Waals surface area contributed by atoms with Gasteiger partial charge in [0.1, 0.15) is 17.6 Å². The Bertz CT molecular complexity index is 990. The number of nitrogens with one attached hydrogen (secondary N) is 1. The van der Waals surface area contributed by atoms with E-state index in [4.69, 9.17) is 21.4 Å². The van der Waals surface area contributed by atoms with E-state index in [2.05, 4.69) is 10.4 Å². The van der Waals surface area contributed by atoms with E-state index in [1.165, 1.54) is 15.7 Å². The molecule has 10 heteroatoms. The van der Waals surface area contributed by atoms with Crippen LogP contribution in [0.4, 0.5) is 5.82 Å². The summed E-state index contributed by atoms with van der Waals surface area (Å²) in [7, 11) is 0. The van der Waals surface area contributed by atoms with E-state index in [0.29, 0.717) is 28.8 Å². The molecule has 3 rings (SSSR count). The molecule has 1 aromatic carbocycles. The molecule has 2 heterocycles. The number of halogens is 1. The number of anilines is 1. The van der Waals surface area contributed by atoms with Gasteiger partial charge in [0, 0.05) is 18.3 Å². The fraction of sp³-hybridized carbons (Fsp3) is 0.409. The van der Waals surface area contributed by atoms with Crippen LogP contribution in [0.1, 0.15) is 20.3 Å². The number of hydrogen-bond acceptors (Lipinski definition) is 6. The zero-order valence-corrected chi connectivity index (χ0v) is 18.7. The minimum atomic E-state index is -0.947. The molecule has 0 saturated heterocycles. The van der Waals surface area contributed by atoms with Crippen LogP contribution < -0.4 is 10.1 Å². The van der Waals surface area contributed by atoms with E-state index in [1.807, 2.05) is 13.8 Å². The van der Waals surface area contributed by atoms with Gasteiger partial charge in [-0.2, -0.15) is 5.10 Å². The molecule has 1 aliphatic heterocycles. The van der Waals surface area contributed by atoms with E-state index in [-0.39, 0.29) is 37.4 Å². The van der Waals surface area contributed by atoms with Crippen LogP contribution in [0.15, 0.2) is 48.4 Å². The quantitative estimate of drug-likeness (QED) is 0.497. The molecule has 2 aromatic rings. The second-order valence-corrected chi connectivity index (χ2v) is 8.41. The number of nitrogens with zero attached hydrogens (tertiary/aromatic N) is 3. The van der Waals surface area contributed by atoms with Crippen LogP contribution in [0.5, 0.6) is 5.75 Å². The Morgan fingerprint density at radius 2 is 2.06 bits per heavy atom. The van der Waals surface area contributed by atoms with Crippen molar-refractivity contribution in [2.45, 2.75) is 39.0 Å². The van der Waals surface area contributed by atoms with Gasteiger partial charge in [0.2, 0.25) is 5.91 Å². The lowest BCUT2D eigenvalue weighted by Crippen LogP contribution is -2.46. The van der Waals surface area contributed by atoms with Gasteiger partial charge in [0.05, 0.1) is 30.8 Å². The fourth-order valence-corrected chi connectivity index (χ4v) is 3.52. The molecule has 0 fully saturated rings. The van der Waals surface area contributed by atoms with Crippen molar-refractivity contribution in [3.05, 3.63) is 53.4 Å². The van der Waals surface area contributed by atoms with Crippen molar-refractivity contribution in [2.24, 2.45) is 5.92 Å². The summed E-state index contributed by atoms with van der Waals surface area (Å²) in [6.07, 6.45) is 2.46. The lowest BCUT2D eigenvalue weighted by molar-refractivity contribution is -0.133. The predicted octanol–water partition coefficient (Wildman–Crippen LogP) is 2.05. The average molecular weight is 463 g/mol.